The molecule has 0 spiro atoms. The monoisotopic (exact) mass is 635 g/mol. The highest BCUT2D eigenvalue weighted by Crippen LogP contribution is 2.40. The first-order valence-corrected chi connectivity index (χ1v) is 17.3. The Morgan fingerprint density at radius 1 is 0.426 bits per heavy atom. The lowest BCUT2D eigenvalue weighted by Gasteiger charge is -2.11. The van der Waals surface area contributed by atoms with Crippen LogP contribution in [0, 0.1) is 0 Å². The number of hydrogen-bond donors (Lipinski definition) is 0. The molecule has 0 aliphatic heterocycles. The number of rotatable bonds is 4. The van der Waals surface area contributed by atoms with Gasteiger partial charge in [0.1, 0.15) is 10.0 Å². The fourth-order valence-electron chi connectivity index (χ4n) is 6.83. The first-order valence-electron chi connectivity index (χ1n) is 15.7. The third-order valence-electron chi connectivity index (χ3n) is 9.07. The molecule has 0 N–H and O–H groups in total. The molecule has 0 fully saturated rings. The average molecular weight is 636 g/mol. The van der Waals surface area contributed by atoms with E-state index in [4.69, 9.17) is 9.97 Å². The van der Waals surface area contributed by atoms with Gasteiger partial charge in [0.25, 0.3) is 0 Å². The van der Waals surface area contributed by atoms with Gasteiger partial charge in [-0.1, -0.05) is 78.9 Å². The quantitative estimate of drug-likeness (QED) is 0.193. The Labute approximate surface area is 278 Å². The summed E-state index contributed by atoms with van der Waals surface area (Å²) in [5.41, 5.74) is 10.3. The zero-order chi connectivity index (χ0) is 30.9. The van der Waals surface area contributed by atoms with E-state index in [1.165, 1.54) is 53.1 Å². The molecule has 0 aliphatic carbocycles. The van der Waals surface area contributed by atoms with Crippen molar-refractivity contribution in [3.8, 4) is 38.0 Å². The average Bonchev–Trinajstić information content (AvgIpc) is 3.85. The summed E-state index contributed by atoms with van der Waals surface area (Å²) in [4.78, 5) is 9.98. The van der Waals surface area contributed by atoms with Crippen LogP contribution in [0.5, 0.6) is 0 Å². The molecule has 0 radical (unpaired) electrons. The maximum absolute atomic E-state index is 4.99. The van der Waals surface area contributed by atoms with Crippen LogP contribution in [0.1, 0.15) is 0 Å². The first kappa shape index (κ1) is 26.6. The fourth-order valence-corrected chi connectivity index (χ4v) is 8.75. The number of hydrogen-bond acceptors (Lipinski definition) is 4. The van der Waals surface area contributed by atoms with Crippen molar-refractivity contribution in [2.45, 2.75) is 0 Å². The molecule has 47 heavy (non-hydrogen) atoms. The second-order valence-electron chi connectivity index (χ2n) is 11.8. The van der Waals surface area contributed by atoms with E-state index >= 15 is 0 Å². The van der Waals surface area contributed by atoms with Crippen LogP contribution in [-0.4, -0.2) is 14.5 Å². The van der Waals surface area contributed by atoms with Gasteiger partial charge >= 0.3 is 0 Å². The van der Waals surface area contributed by atoms with Crippen molar-refractivity contribution in [2.75, 3.05) is 0 Å². The molecule has 3 aromatic heterocycles. The van der Waals surface area contributed by atoms with Crippen LogP contribution in [0.15, 0.2) is 152 Å². The largest absolute Gasteiger partial charge is 0.309 e. The van der Waals surface area contributed by atoms with Gasteiger partial charge in [0.2, 0.25) is 0 Å². The van der Waals surface area contributed by atoms with E-state index in [1.54, 1.807) is 22.7 Å². The molecule has 220 valence electrons. The van der Waals surface area contributed by atoms with Crippen LogP contribution in [-0.2, 0) is 0 Å². The number of para-hydroxylation sites is 2. The minimum atomic E-state index is 1.04. The molecule has 3 heterocycles. The van der Waals surface area contributed by atoms with Gasteiger partial charge in [-0.3, -0.25) is 0 Å². The molecule has 0 saturated carbocycles. The van der Waals surface area contributed by atoms with E-state index in [2.05, 4.69) is 156 Å². The Morgan fingerprint density at radius 2 is 0.957 bits per heavy atom. The van der Waals surface area contributed by atoms with Crippen molar-refractivity contribution in [1.82, 2.24) is 14.5 Å². The molecule has 3 nitrogen and oxygen atoms in total. The second kappa shape index (κ2) is 10.5. The van der Waals surface area contributed by atoms with Crippen LogP contribution < -0.4 is 0 Å². The molecule has 7 aromatic carbocycles. The lowest BCUT2D eigenvalue weighted by molar-refractivity contribution is 1.18. The molecule has 5 heteroatoms. The summed E-state index contributed by atoms with van der Waals surface area (Å²) in [5, 5.41) is 7.01. The highest BCUT2D eigenvalue weighted by molar-refractivity contribution is 7.22. The maximum Gasteiger partial charge on any atom is 0.124 e. The van der Waals surface area contributed by atoms with E-state index in [0.717, 1.165) is 37.9 Å². The first-order chi connectivity index (χ1) is 23.3. The van der Waals surface area contributed by atoms with Gasteiger partial charge < -0.3 is 4.57 Å². The molecule has 0 atom stereocenters. The number of fused-ring (bicyclic) bond motifs is 6. The highest BCUT2D eigenvalue weighted by atomic mass is 32.1. The van der Waals surface area contributed by atoms with Gasteiger partial charge in [0, 0.05) is 27.6 Å². The van der Waals surface area contributed by atoms with Crippen molar-refractivity contribution in [3.63, 3.8) is 0 Å². The third-order valence-corrected chi connectivity index (χ3v) is 11.2. The van der Waals surface area contributed by atoms with Gasteiger partial charge in [0.05, 0.1) is 31.5 Å². The number of thiazole rings is 2. The van der Waals surface area contributed by atoms with E-state index in [-0.39, 0.29) is 0 Å². The summed E-state index contributed by atoms with van der Waals surface area (Å²) < 4.78 is 4.80. The van der Waals surface area contributed by atoms with Gasteiger partial charge in [0.15, 0.2) is 0 Å². The third kappa shape index (κ3) is 4.32. The summed E-state index contributed by atoms with van der Waals surface area (Å²) >= 11 is 3.49. The Balaban J connectivity index is 1.17. The van der Waals surface area contributed by atoms with E-state index < -0.39 is 0 Å². The molecule has 0 amide bonds. The smallest absolute Gasteiger partial charge is 0.124 e. The Morgan fingerprint density at radius 3 is 1.57 bits per heavy atom. The van der Waals surface area contributed by atoms with Crippen LogP contribution in [0.4, 0.5) is 0 Å². The van der Waals surface area contributed by atoms with Crippen LogP contribution >= 0.6 is 22.7 Å². The summed E-state index contributed by atoms with van der Waals surface area (Å²) in [6.45, 7) is 0. The molecular formula is C42H25N3S2. The van der Waals surface area contributed by atoms with Crippen molar-refractivity contribution in [2.24, 2.45) is 0 Å². The molecular weight excluding hydrogens is 611 g/mol. The van der Waals surface area contributed by atoms with E-state index in [9.17, 15) is 0 Å². The minimum absolute atomic E-state index is 1.04. The standard InChI is InChI=1S/C42H25N3S2/c1-2-10-31-26(8-1)9-7-11-32(31)27-16-20-30(21-17-27)45-37-22-18-28(41-43-35-12-3-5-14-39(35)46-41)24-33(37)34-25-29(19-23-38(34)45)42-44-36-13-4-6-15-40(36)47-42/h1-25H. The Hall–Kier alpha value is -5.62. The predicted molar refractivity (Wildman–Crippen MR) is 201 cm³/mol. The van der Waals surface area contributed by atoms with Crippen molar-refractivity contribution in [1.29, 1.82) is 0 Å². The predicted octanol–water partition coefficient (Wildman–Crippen LogP) is 12.2. The highest BCUT2D eigenvalue weighted by Gasteiger charge is 2.17. The molecule has 10 aromatic rings. The summed E-state index contributed by atoms with van der Waals surface area (Å²) in [7, 11) is 0. The van der Waals surface area contributed by atoms with Gasteiger partial charge in [-0.25, -0.2) is 9.97 Å². The maximum atomic E-state index is 4.99. The summed E-state index contributed by atoms with van der Waals surface area (Å²) in [6.07, 6.45) is 0. The van der Waals surface area contributed by atoms with E-state index in [1.807, 2.05) is 0 Å². The lowest BCUT2D eigenvalue weighted by Crippen LogP contribution is -1.94. The van der Waals surface area contributed by atoms with Crippen LogP contribution in [0.3, 0.4) is 0 Å². The Bertz CT molecular complexity index is 2600. The number of nitrogens with zero attached hydrogens (tertiary/aromatic N) is 3. The molecule has 0 bridgehead atoms. The van der Waals surface area contributed by atoms with E-state index in [0.29, 0.717) is 0 Å². The summed E-state index contributed by atoms with van der Waals surface area (Å²) in [6, 6.07) is 54.4. The van der Waals surface area contributed by atoms with Crippen molar-refractivity contribution >= 4 is 75.7 Å². The van der Waals surface area contributed by atoms with Crippen molar-refractivity contribution in [3.05, 3.63) is 152 Å². The van der Waals surface area contributed by atoms with Gasteiger partial charge in [-0.2, -0.15) is 0 Å². The second-order valence-corrected chi connectivity index (χ2v) is 13.9. The van der Waals surface area contributed by atoms with Crippen LogP contribution in [0.2, 0.25) is 0 Å². The normalized spacial score (nSPS) is 11.8. The number of aromatic nitrogens is 3. The van der Waals surface area contributed by atoms with Crippen molar-refractivity contribution < 1.29 is 0 Å². The Kier molecular flexibility index (Phi) is 5.92. The van der Waals surface area contributed by atoms with Crippen LogP contribution in [0.25, 0.3) is 91.0 Å². The molecule has 10 rings (SSSR count). The molecule has 0 saturated heterocycles. The minimum Gasteiger partial charge on any atom is -0.309 e. The molecule has 0 unspecified atom stereocenters. The fraction of sp³-hybridized carbons (Fsp3) is 0. The zero-order valence-corrected chi connectivity index (χ0v) is 26.7. The molecule has 0 aliphatic rings. The van der Waals surface area contributed by atoms with Gasteiger partial charge in [-0.15, -0.1) is 22.7 Å². The lowest BCUT2D eigenvalue weighted by atomic mass is 9.98. The number of benzene rings is 7. The topological polar surface area (TPSA) is 30.7 Å². The summed E-state index contributed by atoms with van der Waals surface area (Å²) in [5.74, 6) is 0. The van der Waals surface area contributed by atoms with Gasteiger partial charge in [-0.05, 0) is 94.7 Å². The zero-order valence-electron chi connectivity index (χ0n) is 25.1. The SMILES string of the molecule is c1ccc2c(-c3ccc(-n4c5ccc(-c6nc7ccccc7s6)cc5c5cc(-c6nc7ccccc7s6)ccc54)cc3)cccc2c1.